The van der Waals surface area contributed by atoms with E-state index in [1.807, 2.05) is 6.07 Å². The van der Waals surface area contributed by atoms with Gasteiger partial charge in [0.05, 0.1) is 6.67 Å². The number of rotatable bonds is 7. The molecule has 1 saturated heterocycles. The Balaban J connectivity index is 1.47. The third-order valence-corrected chi connectivity index (χ3v) is 7.87. The van der Waals surface area contributed by atoms with Gasteiger partial charge in [-0.05, 0) is 95.5 Å². The first kappa shape index (κ1) is 23.3. The van der Waals surface area contributed by atoms with Gasteiger partial charge in [-0.15, -0.1) is 0 Å². The highest BCUT2D eigenvalue weighted by molar-refractivity contribution is 6.31. The molecule has 0 spiro atoms. The molecule has 0 atom stereocenters. The molecule has 1 heterocycles. The summed E-state index contributed by atoms with van der Waals surface area (Å²) >= 11 is 6.55. The Kier molecular flexibility index (Phi) is 7.18. The van der Waals surface area contributed by atoms with Gasteiger partial charge in [-0.2, -0.15) is 0 Å². The van der Waals surface area contributed by atoms with Gasteiger partial charge in [-0.3, -0.25) is 4.39 Å². The predicted octanol–water partition coefficient (Wildman–Crippen LogP) is 7.78. The van der Waals surface area contributed by atoms with Gasteiger partial charge in [0.1, 0.15) is 0 Å². The highest BCUT2D eigenvalue weighted by atomic mass is 35.5. The molecule has 0 unspecified atom stereocenters. The van der Waals surface area contributed by atoms with E-state index in [4.69, 9.17) is 11.6 Å². The van der Waals surface area contributed by atoms with Crippen LogP contribution in [0.15, 0.2) is 66.7 Å². The minimum Gasteiger partial charge on any atom is -0.303 e. The predicted molar refractivity (Wildman–Crippen MR) is 142 cm³/mol. The summed E-state index contributed by atoms with van der Waals surface area (Å²) in [5.41, 5.74) is 10.6. The van der Waals surface area contributed by atoms with Crippen LogP contribution in [-0.4, -0.2) is 31.2 Å². The molecule has 34 heavy (non-hydrogen) atoms. The second-order valence-electron chi connectivity index (χ2n) is 9.85. The Bertz CT molecular complexity index is 1170. The van der Waals surface area contributed by atoms with Gasteiger partial charge >= 0.3 is 0 Å². The second-order valence-corrected chi connectivity index (χ2v) is 10.3. The Morgan fingerprint density at radius 2 is 1.68 bits per heavy atom. The molecular formula is C31H33ClFN. The molecule has 3 aromatic carbocycles. The topological polar surface area (TPSA) is 3.24 Å². The second kappa shape index (κ2) is 10.5. The van der Waals surface area contributed by atoms with Crippen LogP contribution in [0.2, 0.25) is 5.02 Å². The molecule has 1 aliphatic heterocycles. The number of alkyl halides is 1. The van der Waals surface area contributed by atoms with E-state index in [1.54, 1.807) is 0 Å². The lowest BCUT2D eigenvalue weighted by atomic mass is 9.85. The Hall–Kier alpha value is -2.42. The van der Waals surface area contributed by atoms with Crippen molar-refractivity contribution < 1.29 is 4.39 Å². The number of nitrogens with zero attached hydrogens (tertiary/aromatic N) is 1. The SMILES string of the molecule is Cc1c(Cl)cccc1C1=C(c2ccc(CC3CN(CCCF)C3)cc2)c2ccccc2CCC1. The smallest absolute Gasteiger partial charge is 0.0906 e. The fourth-order valence-corrected chi connectivity index (χ4v) is 5.85. The maximum absolute atomic E-state index is 12.4. The van der Waals surface area contributed by atoms with Crippen molar-refractivity contribution in [1.82, 2.24) is 4.90 Å². The van der Waals surface area contributed by atoms with Crippen molar-refractivity contribution in [3.63, 3.8) is 0 Å². The van der Waals surface area contributed by atoms with Crippen LogP contribution in [0, 0.1) is 12.8 Å². The van der Waals surface area contributed by atoms with Crippen molar-refractivity contribution in [3.8, 4) is 0 Å². The van der Waals surface area contributed by atoms with E-state index < -0.39 is 0 Å². The van der Waals surface area contributed by atoms with Crippen LogP contribution in [0.5, 0.6) is 0 Å². The maximum Gasteiger partial charge on any atom is 0.0906 e. The lowest BCUT2D eigenvalue weighted by molar-refractivity contribution is 0.0968. The van der Waals surface area contributed by atoms with Gasteiger partial charge in [0, 0.05) is 24.7 Å². The van der Waals surface area contributed by atoms with E-state index in [2.05, 4.69) is 72.5 Å². The molecular weight excluding hydrogens is 441 g/mol. The Morgan fingerprint density at radius 1 is 0.912 bits per heavy atom. The average molecular weight is 474 g/mol. The lowest BCUT2D eigenvalue weighted by Crippen LogP contribution is -2.47. The summed E-state index contributed by atoms with van der Waals surface area (Å²) in [5, 5.41) is 0.832. The lowest BCUT2D eigenvalue weighted by Gasteiger charge is -2.39. The van der Waals surface area contributed by atoms with Crippen LogP contribution < -0.4 is 0 Å². The molecule has 1 fully saturated rings. The minimum atomic E-state index is -0.210. The third kappa shape index (κ3) is 4.85. The third-order valence-electron chi connectivity index (χ3n) is 7.46. The largest absolute Gasteiger partial charge is 0.303 e. The molecule has 3 aromatic rings. The van der Waals surface area contributed by atoms with Crippen molar-refractivity contribution in [3.05, 3.63) is 105 Å². The van der Waals surface area contributed by atoms with Gasteiger partial charge in [-0.1, -0.05) is 72.3 Å². The standard InChI is InChI=1S/C31H33ClFN/c1-22-27(10-5-12-30(22)32)29-11-4-8-25-7-2-3-9-28(25)31(29)26-15-13-23(14-16-26)19-24-20-34(21-24)18-6-17-33/h2-3,5,7,9-10,12-16,24H,4,6,8,11,17-21H2,1H3. The number of hydrogen-bond acceptors (Lipinski definition) is 1. The summed E-state index contributed by atoms with van der Waals surface area (Å²) < 4.78 is 12.4. The maximum atomic E-state index is 12.4. The number of aryl methyl sites for hydroxylation is 1. The minimum absolute atomic E-state index is 0.210. The van der Waals surface area contributed by atoms with E-state index in [9.17, 15) is 4.39 Å². The molecule has 176 valence electrons. The first-order chi connectivity index (χ1) is 16.6. The van der Waals surface area contributed by atoms with Gasteiger partial charge < -0.3 is 4.90 Å². The Morgan fingerprint density at radius 3 is 2.47 bits per heavy atom. The zero-order valence-electron chi connectivity index (χ0n) is 20.0. The van der Waals surface area contributed by atoms with Crippen molar-refractivity contribution in [1.29, 1.82) is 0 Å². The van der Waals surface area contributed by atoms with Crippen molar-refractivity contribution >= 4 is 22.7 Å². The van der Waals surface area contributed by atoms with Crippen LogP contribution in [-0.2, 0) is 12.8 Å². The van der Waals surface area contributed by atoms with Crippen LogP contribution in [0.3, 0.4) is 0 Å². The van der Waals surface area contributed by atoms with E-state index in [1.165, 1.54) is 39.0 Å². The summed E-state index contributed by atoms with van der Waals surface area (Å²) in [6.45, 7) is 5.01. The number of allylic oxidation sites excluding steroid dienone is 1. The highest BCUT2D eigenvalue weighted by Crippen LogP contribution is 2.41. The van der Waals surface area contributed by atoms with Gasteiger partial charge in [0.25, 0.3) is 0 Å². The molecule has 5 rings (SSSR count). The van der Waals surface area contributed by atoms with Crippen LogP contribution >= 0.6 is 11.6 Å². The number of likely N-dealkylation sites (tertiary alicyclic amines) is 1. The normalized spacial score (nSPS) is 16.8. The first-order valence-electron chi connectivity index (χ1n) is 12.6. The van der Waals surface area contributed by atoms with Crippen LogP contribution in [0.4, 0.5) is 4.39 Å². The summed E-state index contributed by atoms with van der Waals surface area (Å²) in [4.78, 5) is 2.37. The molecule has 0 radical (unpaired) electrons. The fraction of sp³-hybridized carbons (Fsp3) is 0.355. The molecule has 0 aromatic heterocycles. The zero-order chi connectivity index (χ0) is 23.5. The van der Waals surface area contributed by atoms with E-state index in [0.29, 0.717) is 12.3 Å². The summed E-state index contributed by atoms with van der Waals surface area (Å²) in [6, 6.07) is 24.4. The van der Waals surface area contributed by atoms with Gasteiger partial charge in [0.2, 0.25) is 0 Å². The van der Waals surface area contributed by atoms with E-state index >= 15 is 0 Å². The molecule has 2 aliphatic rings. The van der Waals surface area contributed by atoms with Crippen molar-refractivity contribution in [2.24, 2.45) is 5.92 Å². The molecule has 0 N–H and O–H groups in total. The monoisotopic (exact) mass is 473 g/mol. The number of halogens is 2. The van der Waals surface area contributed by atoms with Gasteiger partial charge in [0.15, 0.2) is 0 Å². The molecule has 3 heteroatoms. The summed E-state index contributed by atoms with van der Waals surface area (Å²) in [5.74, 6) is 0.688. The number of benzene rings is 3. The van der Waals surface area contributed by atoms with E-state index in [-0.39, 0.29) is 6.67 Å². The highest BCUT2D eigenvalue weighted by Gasteiger charge is 2.26. The number of fused-ring (bicyclic) bond motifs is 1. The van der Waals surface area contributed by atoms with Crippen LogP contribution in [0.1, 0.15) is 52.6 Å². The molecule has 0 bridgehead atoms. The summed E-state index contributed by atoms with van der Waals surface area (Å²) in [6.07, 6.45) is 5.04. The summed E-state index contributed by atoms with van der Waals surface area (Å²) in [7, 11) is 0. The van der Waals surface area contributed by atoms with Crippen molar-refractivity contribution in [2.45, 2.75) is 39.0 Å². The Labute approximate surface area is 208 Å². The quantitative estimate of drug-likeness (QED) is 0.338. The van der Waals surface area contributed by atoms with Gasteiger partial charge in [-0.25, -0.2) is 0 Å². The average Bonchev–Trinajstić information content (AvgIpc) is 3.02. The number of hydrogen-bond donors (Lipinski definition) is 0. The first-order valence-corrected chi connectivity index (χ1v) is 13.0. The molecule has 1 nitrogen and oxygen atoms in total. The molecule has 0 amide bonds. The fourth-order valence-electron chi connectivity index (χ4n) is 5.67. The zero-order valence-corrected chi connectivity index (χ0v) is 20.8. The molecule has 0 saturated carbocycles. The van der Waals surface area contributed by atoms with Crippen molar-refractivity contribution in [2.75, 3.05) is 26.3 Å². The molecule has 1 aliphatic carbocycles. The van der Waals surface area contributed by atoms with E-state index in [0.717, 1.165) is 55.9 Å². The van der Waals surface area contributed by atoms with Crippen LogP contribution in [0.25, 0.3) is 11.1 Å².